The minimum atomic E-state index is 0.108. The van der Waals surface area contributed by atoms with Gasteiger partial charge in [-0.2, -0.15) is 0 Å². The van der Waals surface area contributed by atoms with Crippen LogP contribution in [0.1, 0.15) is 17.2 Å². The topological polar surface area (TPSA) is 33.7 Å². The SMILES string of the molecule is Clc1ccc(C(c2ccc3c(c2)OCO3)N2CCNCC2)cc1Cl. The number of fused-ring (bicyclic) bond motifs is 1. The van der Waals surface area contributed by atoms with Crippen molar-refractivity contribution in [3.8, 4) is 11.5 Å². The fourth-order valence-electron chi connectivity index (χ4n) is 3.32. The number of hydrogen-bond donors (Lipinski definition) is 1. The van der Waals surface area contributed by atoms with E-state index in [1.807, 2.05) is 24.3 Å². The Morgan fingerprint density at radius 1 is 0.875 bits per heavy atom. The van der Waals surface area contributed by atoms with Gasteiger partial charge in [0.1, 0.15) is 0 Å². The molecule has 4 rings (SSSR count). The average molecular weight is 365 g/mol. The van der Waals surface area contributed by atoms with Crippen molar-refractivity contribution in [1.29, 1.82) is 0 Å². The summed E-state index contributed by atoms with van der Waals surface area (Å²) >= 11 is 12.4. The lowest BCUT2D eigenvalue weighted by Gasteiger charge is -2.35. The number of ether oxygens (including phenoxy) is 2. The van der Waals surface area contributed by atoms with E-state index in [0.29, 0.717) is 10.0 Å². The summed E-state index contributed by atoms with van der Waals surface area (Å²) in [7, 11) is 0. The van der Waals surface area contributed by atoms with Crippen LogP contribution in [0.15, 0.2) is 36.4 Å². The average Bonchev–Trinajstić information content (AvgIpc) is 3.07. The molecule has 2 heterocycles. The first-order valence-electron chi connectivity index (χ1n) is 8.01. The predicted molar refractivity (Wildman–Crippen MR) is 95.3 cm³/mol. The first kappa shape index (κ1) is 16.0. The molecule has 126 valence electrons. The van der Waals surface area contributed by atoms with Crippen LogP contribution in [0.4, 0.5) is 0 Å². The lowest BCUT2D eigenvalue weighted by molar-refractivity contribution is 0.173. The number of hydrogen-bond acceptors (Lipinski definition) is 4. The molecule has 1 N–H and O–H groups in total. The first-order chi connectivity index (χ1) is 11.7. The van der Waals surface area contributed by atoms with Crippen LogP contribution >= 0.6 is 23.2 Å². The zero-order chi connectivity index (χ0) is 16.5. The molecule has 1 fully saturated rings. The Morgan fingerprint density at radius 3 is 2.38 bits per heavy atom. The van der Waals surface area contributed by atoms with Gasteiger partial charge in [-0.25, -0.2) is 0 Å². The number of nitrogens with one attached hydrogen (secondary N) is 1. The van der Waals surface area contributed by atoms with Gasteiger partial charge in [-0.3, -0.25) is 4.90 Å². The van der Waals surface area contributed by atoms with Crippen LogP contribution in [0, 0.1) is 0 Å². The Morgan fingerprint density at radius 2 is 1.58 bits per heavy atom. The normalized spacial score (nSPS) is 18.6. The maximum atomic E-state index is 6.27. The van der Waals surface area contributed by atoms with Crippen molar-refractivity contribution in [1.82, 2.24) is 10.2 Å². The van der Waals surface area contributed by atoms with Gasteiger partial charge in [0.15, 0.2) is 11.5 Å². The van der Waals surface area contributed by atoms with E-state index in [0.717, 1.165) is 43.2 Å². The smallest absolute Gasteiger partial charge is 0.231 e. The van der Waals surface area contributed by atoms with Crippen molar-refractivity contribution in [3.05, 3.63) is 57.6 Å². The van der Waals surface area contributed by atoms with Gasteiger partial charge in [-0.05, 0) is 35.4 Å². The third kappa shape index (κ3) is 3.07. The van der Waals surface area contributed by atoms with Gasteiger partial charge in [0.2, 0.25) is 6.79 Å². The molecule has 0 radical (unpaired) electrons. The van der Waals surface area contributed by atoms with E-state index in [-0.39, 0.29) is 12.8 Å². The Hall–Kier alpha value is -1.46. The summed E-state index contributed by atoms with van der Waals surface area (Å²) in [5.74, 6) is 1.60. The molecule has 0 amide bonds. The lowest BCUT2D eigenvalue weighted by Crippen LogP contribution is -2.45. The number of benzene rings is 2. The molecule has 2 aromatic rings. The molecule has 0 spiro atoms. The van der Waals surface area contributed by atoms with E-state index < -0.39 is 0 Å². The van der Waals surface area contributed by atoms with E-state index in [2.05, 4.69) is 22.3 Å². The van der Waals surface area contributed by atoms with Crippen LogP contribution < -0.4 is 14.8 Å². The molecule has 2 aromatic carbocycles. The summed E-state index contributed by atoms with van der Waals surface area (Å²) in [6.45, 7) is 4.17. The molecule has 0 bridgehead atoms. The number of nitrogens with zero attached hydrogens (tertiary/aromatic N) is 1. The minimum Gasteiger partial charge on any atom is -0.454 e. The zero-order valence-electron chi connectivity index (χ0n) is 13.1. The van der Waals surface area contributed by atoms with Crippen LogP contribution in [0.3, 0.4) is 0 Å². The highest BCUT2D eigenvalue weighted by Crippen LogP contribution is 2.38. The molecule has 0 aliphatic carbocycles. The van der Waals surface area contributed by atoms with Crippen molar-refractivity contribution in [2.45, 2.75) is 6.04 Å². The number of halogens is 2. The summed E-state index contributed by atoms with van der Waals surface area (Å²) in [5, 5.41) is 4.55. The Labute approximate surface area is 151 Å². The van der Waals surface area contributed by atoms with Gasteiger partial charge in [0, 0.05) is 26.2 Å². The highest BCUT2D eigenvalue weighted by molar-refractivity contribution is 6.42. The molecule has 24 heavy (non-hydrogen) atoms. The first-order valence-corrected chi connectivity index (χ1v) is 8.77. The molecule has 1 atom stereocenters. The summed E-state index contributed by atoms with van der Waals surface area (Å²) in [6.07, 6.45) is 0. The van der Waals surface area contributed by atoms with Crippen molar-refractivity contribution in [2.75, 3.05) is 33.0 Å². The van der Waals surface area contributed by atoms with E-state index in [4.69, 9.17) is 32.7 Å². The second kappa shape index (κ2) is 6.81. The number of rotatable bonds is 3. The third-order valence-corrected chi connectivity index (χ3v) is 5.23. The summed E-state index contributed by atoms with van der Waals surface area (Å²) < 4.78 is 11.0. The molecule has 4 nitrogen and oxygen atoms in total. The summed E-state index contributed by atoms with van der Waals surface area (Å²) in [4.78, 5) is 2.45. The standard InChI is InChI=1S/C18H18Cl2N2O2/c19-14-3-1-12(9-15(14)20)18(22-7-5-21-6-8-22)13-2-4-16-17(10-13)24-11-23-16/h1-4,9-10,18,21H,5-8,11H2. The van der Waals surface area contributed by atoms with Crippen molar-refractivity contribution < 1.29 is 9.47 Å². The Kier molecular flexibility index (Phi) is 4.55. The second-order valence-electron chi connectivity index (χ2n) is 5.97. The van der Waals surface area contributed by atoms with Crippen LogP contribution in [0.2, 0.25) is 10.0 Å². The highest BCUT2D eigenvalue weighted by atomic mass is 35.5. The molecule has 1 unspecified atom stereocenters. The van der Waals surface area contributed by atoms with Gasteiger partial charge >= 0.3 is 0 Å². The van der Waals surface area contributed by atoms with Crippen molar-refractivity contribution in [3.63, 3.8) is 0 Å². The molecule has 6 heteroatoms. The second-order valence-corrected chi connectivity index (χ2v) is 6.79. The van der Waals surface area contributed by atoms with Crippen LogP contribution in [0.25, 0.3) is 0 Å². The molecular weight excluding hydrogens is 347 g/mol. The van der Waals surface area contributed by atoms with Crippen LogP contribution in [-0.2, 0) is 0 Å². The number of piperazine rings is 1. The summed E-state index contributed by atoms with van der Waals surface area (Å²) in [6, 6.07) is 12.1. The van der Waals surface area contributed by atoms with Gasteiger partial charge in [0.05, 0.1) is 16.1 Å². The van der Waals surface area contributed by atoms with E-state index in [1.165, 1.54) is 5.56 Å². The summed E-state index contributed by atoms with van der Waals surface area (Å²) in [5.41, 5.74) is 2.30. The van der Waals surface area contributed by atoms with Gasteiger partial charge in [-0.1, -0.05) is 35.3 Å². The van der Waals surface area contributed by atoms with Gasteiger partial charge < -0.3 is 14.8 Å². The van der Waals surface area contributed by atoms with Crippen molar-refractivity contribution >= 4 is 23.2 Å². The van der Waals surface area contributed by atoms with E-state index >= 15 is 0 Å². The van der Waals surface area contributed by atoms with Crippen LogP contribution in [-0.4, -0.2) is 37.9 Å². The Bertz CT molecular complexity index is 748. The predicted octanol–water partition coefficient (Wildman–Crippen LogP) is 3.72. The molecule has 1 saturated heterocycles. The van der Waals surface area contributed by atoms with Gasteiger partial charge in [0.25, 0.3) is 0 Å². The van der Waals surface area contributed by atoms with Crippen LogP contribution in [0.5, 0.6) is 11.5 Å². The molecule has 2 aliphatic heterocycles. The largest absolute Gasteiger partial charge is 0.454 e. The Balaban J connectivity index is 1.76. The van der Waals surface area contributed by atoms with E-state index in [1.54, 1.807) is 0 Å². The molecule has 0 aromatic heterocycles. The minimum absolute atomic E-state index is 0.108. The molecule has 0 saturated carbocycles. The zero-order valence-corrected chi connectivity index (χ0v) is 14.6. The monoisotopic (exact) mass is 364 g/mol. The van der Waals surface area contributed by atoms with E-state index in [9.17, 15) is 0 Å². The third-order valence-electron chi connectivity index (χ3n) is 4.49. The molecule has 2 aliphatic rings. The maximum absolute atomic E-state index is 6.27. The van der Waals surface area contributed by atoms with Crippen molar-refractivity contribution in [2.24, 2.45) is 0 Å². The molecular formula is C18H18Cl2N2O2. The fraction of sp³-hybridized carbons (Fsp3) is 0.333. The fourth-order valence-corrected chi connectivity index (χ4v) is 3.63. The quantitative estimate of drug-likeness (QED) is 0.899. The lowest BCUT2D eigenvalue weighted by atomic mass is 9.96. The van der Waals surface area contributed by atoms with Gasteiger partial charge in [-0.15, -0.1) is 0 Å². The highest BCUT2D eigenvalue weighted by Gasteiger charge is 2.26. The maximum Gasteiger partial charge on any atom is 0.231 e.